The van der Waals surface area contributed by atoms with Crippen LogP contribution in [0.4, 0.5) is 5.69 Å². The fraction of sp³-hybridized carbons (Fsp3) is 0.400. The zero-order valence-electron chi connectivity index (χ0n) is 11.8. The van der Waals surface area contributed by atoms with Gasteiger partial charge in [0, 0.05) is 11.2 Å². The zero-order chi connectivity index (χ0) is 14.3. The van der Waals surface area contributed by atoms with Gasteiger partial charge in [-0.2, -0.15) is 0 Å². The molecule has 1 amide bonds. The summed E-state index contributed by atoms with van der Waals surface area (Å²) in [5.74, 6) is 0.754. The van der Waals surface area contributed by atoms with Gasteiger partial charge in [-0.15, -0.1) is 0 Å². The Morgan fingerprint density at radius 2 is 1.95 bits per heavy atom. The summed E-state index contributed by atoms with van der Waals surface area (Å²) in [5.41, 5.74) is 0.677. The van der Waals surface area contributed by atoms with Crippen LogP contribution >= 0.6 is 0 Å². The van der Waals surface area contributed by atoms with Crippen molar-refractivity contribution in [3.8, 4) is 5.75 Å². The summed E-state index contributed by atoms with van der Waals surface area (Å²) in [6.07, 6.45) is 1.70. The Bertz CT molecular complexity index is 419. The van der Waals surface area contributed by atoms with Crippen LogP contribution in [0.3, 0.4) is 0 Å². The monoisotopic (exact) mass is 262 g/mol. The molecule has 1 aromatic carbocycles. The summed E-state index contributed by atoms with van der Waals surface area (Å²) in [4.78, 5) is 11.6. The Morgan fingerprint density at radius 3 is 2.47 bits per heavy atom. The third-order valence-corrected chi connectivity index (χ3v) is 2.19. The van der Waals surface area contributed by atoms with E-state index in [0.29, 0.717) is 6.61 Å². The fourth-order valence-electron chi connectivity index (χ4n) is 1.47. The molecule has 0 aliphatic carbocycles. The summed E-state index contributed by atoms with van der Waals surface area (Å²) in [6, 6.07) is 7.46. The van der Waals surface area contributed by atoms with E-state index in [1.807, 2.05) is 45.0 Å². The molecule has 0 radical (unpaired) electrons. The van der Waals surface area contributed by atoms with E-state index in [9.17, 15) is 4.79 Å². The topological polar surface area (TPSA) is 50.4 Å². The van der Waals surface area contributed by atoms with E-state index >= 15 is 0 Å². The van der Waals surface area contributed by atoms with E-state index < -0.39 is 0 Å². The van der Waals surface area contributed by atoms with Crippen LogP contribution in [0.15, 0.2) is 36.9 Å². The number of nitrogens with one attached hydrogen (secondary N) is 2. The predicted molar refractivity (Wildman–Crippen MR) is 78.5 cm³/mol. The lowest BCUT2D eigenvalue weighted by Gasteiger charge is -2.20. The summed E-state index contributed by atoms with van der Waals surface area (Å²) in [6.45, 7) is 10.2. The molecular weight excluding hydrogens is 240 g/mol. The van der Waals surface area contributed by atoms with Gasteiger partial charge in [0.25, 0.3) is 0 Å². The highest BCUT2D eigenvalue weighted by Crippen LogP contribution is 2.15. The lowest BCUT2D eigenvalue weighted by molar-refractivity contribution is -0.120. The van der Waals surface area contributed by atoms with Crippen molar-refractivity contribution in [2.24, 2.45) is 0 Å². The largest absolute Gasteiger partial charge is 0.490 e. The second kappa shape index (κ2) is 6.83. The molecule has 0 aliphatic rings. The average Bonchev–Trinajstić information content (AvgIpc) is 2.33. The summed E-state index contributed by atoms with van der Waals surface area (Å²) in [7, 11) is 0. The molecule has 0 atom stereocenters. The lowest BCUT2D eigenvalue weighted by atomic mass is 10.1. The highest BCUT2D eigenvalue weighted by atomic mass is 16.5. The maximum Gasteiger partial charge on any atom is 0.239 e. The lowest BCUT2D eigenvalue weighted by Crippen LogP contribution is -2.43. The van der Waals surface area contributed by atoms with Crippen LogP contribution in [0, 0.1) is 0 Å². The average molecular weight is 262 g/mol. The molecule has 4 nitrogen and oxygen atoms in total. The van der Waals surface area contributed by atoms with E-state index in [-0.39, 0.29) is 18.0 Å². The minimum Gasteiger partial charge on any atom is -0.490 e. The minimum atomic E-state index is -0.207. The number of benzene rings is 1. The molecule has 0 fully saturated rings. The smallest absolute Gasteiger partial charge is 0.239 e. The molecule has 1 aromatic rings. The second-order valence-electron chi connectivity index (χ2n) is 5.28. The molecular formula is C15H22N2O2. The van der Waals surface area contributed by atoms with E-state index in [1.54, 1.807) is 6.08 Å². The van der Waals surface area contributed by atoms with Crippen LogP contribution in [0.2, 0.25) is 0 Å². The molecule has 4 heteroatoms. The Balaban J connectivity index is 2.41. The van der Waals surface area contributed by atoms with Crippen molar-refractivity contribution in [1.29, 1.82) is 0 Å². The molecule has 0 aliphatic heterocycles. The quantitative estimate of drug-likeness (QED) is 0.775. The Labute approximate surface area is 114 Å². The van der Waals surface area contributed by atoms with E-state index in [1.165, 1.54) is 0 Å². The number of rotatable bonds is 6. The van der Waals surface area contributed by atoms with Crippen molar-refractivity contribution >= 4 is 11.6 Å². The van der Waals surface area contributed by atoms with Crippen LogP contribution in [-0.4, -0.2) is 24.6 Å². The van der Waals surface area contributed by atoms with Gasteiger partial charge in [0.05, 0.1) is 6.54 Å². The van der Waals surface area contributed by atoms with Gasteiger partial charge in [0.2, 0.25) is 5.91 Å². The van der Waals surface area contributed by atoms with Gasteiger partial charge in [-0.1, -0.05) is 12.7 Å². The van der Waals surface area contributed by atoms with Crippen LogP contribution in [0.1, 0.15) is 20.8 Å². The molecule has 1 rings (SSSR count). The first-order chi connectivity index (χ1) is 8.90. The van der Waals surface area contributed by atoms with Crippen molar-refractivity contribution in [2.45, 2.75) is 26.3 Å². The molecule has 19 heavy (non-hydrogen) atoms. The Kier molecular flexibility index (Phi) is 5.42. The number of carbonyl (C=O) groups is 1. The van der Waals surface area contributed by atoms with Crippen LogP contribution in [0.5, 0.6) is 5.75 Å². The molecule has 0 heterocycles. The standard InChI is InChI=1S/C15H22N2O2/c1-5-10-19-13-8-6-12(7-9-13)16-11-14(18)17-15(2,3)4/h5-9,16H,1,10-11H2,2-4H3,(H,17,18). The van der Waals surface area contributed by atoms with Crippen LogP contribution in [0.25, 0.3) is 0 Å². The van der Waals surface area contributed by atoms with Gasteiger partial charge in [-0.05, 0) is 45.0 Å². The summed E-state index contributed by atoms with van der Waals surface area (Å²) < 4.78 is 5.38. The maximum absolute atomic E-state index is 11.6. The van der Waals surface area contributed by atoms with Crippen molar-refractivity contribution in [3.05, 3.63) is 36.9 Å². The molecule has 0 spiro atoms. The predicted octanol–water partition coefficient (Wildman–Crippen LogP) is 2.58. The van der Waals surface area contributed by atoms with E-state index in [4.69, 9.17) is 4.74 Å². The van der Waals surface area contributed by atoms with Gasteiger partial charge >= 0.3 is 0 Å². The van der Waals surface area contributed by atoms with Crippen molar-refractivity contribution in [2.75, 3.05) is 18.5 Å². The third kappa shape index (κ3) is 6.50. The summed E-state index contributed by atoms with van der Waals surface area (Å²) >= 11 is 0. The van der Waals surface area contributed by atoms with E-state index in [0.717, 1.165) is 11.4 Å². The molecule has 0 unspecified atom stereocenters. The molecule has 0 aromatic heterocycles. The summed E-state index contributed by atoms with van der Waals surface area (Å²) in [5, 5.41) is 5.95. The third-order valence-electron chi connectivity index (χ3n) is 2.19. The van der Waals surface area contributed by atoms with Crippen molar-refractivity contribution in [3.63, 3.8) is 0 Å². The Morgan fingerprint density at radius 1 is 1.32 bits per heavy atom. The molecule has 104 valence electrons. The molecule has 0 saturated heterocycles. The van der Waals surface area contributed by atoms with Crippen LogP contribution in [-0.2, 0) is 4.79 Å². The van der Waals surface area contributed by atoms with Crippen molar-refractivity contribution < 1.29 is 9.53 Å². The van der Waals surface area contributed by atoms with Crippen molar-refractivity contribution in [1.82, 2.24) is 5.32 Å². The SMILES string of the molecule is C=CCOc1ccc(NCC(=O)NC(C)(C)C)cc1. The number of anilines is 1. The van der Waals surface area contributed by atoms with E-state index in [2.05, 4.69) is 17.2 Å². The van der Waals surface area contributed by atoms with Gasteiger partial charge in [-0.3, -0.25) is 4.79 Å². The van der Waals surface area contributed by atoms with Gasteiger partial charge in [-0.25, -0.2) is 0 Å². The van der Waals surface area contributed by atoms with Gasteiger partial charge in [0.1, 0.15) is 12.4 Å². The number of hydrogen-bond donors (Lipinski definition) is 2. The van der Waals surface area contributed by atoms with Gasteiger partial charge in [0.15, 0.2) is 0 Å². The normalized spacial score (nSPS) is 10.7. The zero-order valence-corrected chi connectivity index (χ0v) is 11.8. The number of ether oxygens (including phenoxy) is 1. The molecule has 0 saturated carbocycles. The first-order valence-electron chi connectivity index (χ1n) is 6.29. The molecule has 2 N–H and O–H groups in total. The maximum atomic E-state index is 11.6. The first-order valence-corrected chi connectivity index (χ1v) is 6.29. The minimum absolute atomic E-state index is 0.0283. The highest BCUT2D eigenvalue weighted by molar-refractivity contribution is 5.81. The number of carbonyl (C=O) groups excluding carboxylic acids is 1. The second-order valence-corrected chi connectivity index (χ2v) is 5.28. The number of amides is 1. The highest BCUT2D eigenvalue weighted by Gasteiger charge is 2.12. The fourth-order valence-corrected chi connectivity index (χ4v) is 1.47. The molecule has 0 bridgehead atoms. The van der Waals surface area contributed by atoms with Gasteiger partial charge < -0.3 is 15.4 Å². The Hall–Kier alpha value is -1.97. The number of hydrogen-bond acceptors (Lipinski definition) is 3. The first kappa shape index (κ1) is 15.1. The van der Waals surface area contributed by atoms with Crippen LogP contribution < -0.4 is 15.4 Å².